The summed E-state index contributed by atoms with van der Waals surface area (Å²) in [6.45, 7) is 1.74. The van der Waals surface area contributed by atoms with Crippen molar-refractivity contribution in [3.8, 4) is 0 Å². The van der Waals surface area contributed by atoms with E-state index < -0.39 is 0 Å². The Morgan fingerprint density at radius 1 is 1.54 bits per heavy atom. The van der Waals surface area contributed by atoms with Crippen LogP contribution >= 0.6 is 11.8 Å². The highest BCUT2D eigenvalue weighted by atomic mass is 32.2. The van der Waals surface area contributed by atoms with Crippen LogP contribution in [0, 0.1) is 0 Å². The monoisotopic (exact) mass is 199 g/mol. The number of nitrogen functional groups attached to an aromatic ring is 1. The average molecular weight is 199 g/mol. The molecule has 13 heavy (non-hydrogen) atoms. The maximum absolute atomic E-state index is 5.69. The second-order valence-corrected chi connectivity index (χ2v) is 4.42. The minimum atomic E-state index is 0.633. The normalized spacial score (nSPS) is 19.1. The number of hydrogen-bond acceptors (Lipinski definition) is 4. The fourth-order valence-corrected chi connectivity index (χ4v) is 2.43. The van der Waals surface area contributed by atoms with Crippen molar-refractivity contribution in [2.24, 2.45) is 0 Å². The third-order valence-corrected chi connectivity index (χ3v) is 3.48. The number of ether oxygens (including phenoxy) is 1. The fourth-order valence-electron chi connectivity index (χ4n) is 1.35. The van der Waals surface area contributed by atoms with E-state index in [1.807, 2.05) is 0 Å². The van der Waals surface area contributed by atoms with Gasteiger partial charge in [0.05, 0.1) is 11.1 Å². The zero-order valence-corrected chi connectivity index (χ0v) is 8.14. The number of nitrogens with one attached hydrogen (secondary N) is 1. The molecule has 1 aromatic rings. The Morgan fingerprint density at radius 2 is 2.31 bits per heavy atom. The molecule has 1 saturated heterocycles. The van der Waals surface area contributed by atoms with Crippen molar-refractivity contribution in [2.45, 2.75) is 23.0 Å². The number of nitrogens with zero attached hydrogens (tertiary/aromatic N) is 1. The molecule has 1 fully saturated rings. The van der Waals surface area contributed by atoms with Crippen molar-refractivity contribution in [2.75, 3.05) is 18.9 Å². The van der Waals surface area contributed by atoms with Gasteiger partial charge in [0.25, 0.3) is 0 Å². The molecule has 2 rings (SSSR count). The lowest BCUT2D eigenvalue weighted by molar-refractivity contribution is 0.100. The van der Waals surface area contributed by atoms with Crippen LogP contribution in [0.1, 0.15) is 12.8 Å². The van der Waals surface area contributed by atoms with Crippen molar-refractivity contribution in [3.63, 3.8) is 0 Å². The van der Waals surface area contributed by atoms with E-state index in [2.05, 4.69) is 10.2 Å². The van der Waals surface area contributed by atoms with Gasteiger partial charge in [0.1, 0.15) is 5.82 Å². The van der Waals surface area contributed by atoms with Gasteiger partial charge in [-0.2, -0.15) is 5.10 Å². The molecule has 0 bridgehead atoms. The van der Waals surface area contributed by atoms with Crippen LogP contribution in [0.4, 0.5) is 5.82 Å². The van der Waals surface area contributed by atoms with Crippen molar-refractivity contribution < 1.29 is 4.74 Å². The van der Waals surface area contributed by atoms with E-state index in [0.29, 0.717) is 11.1 Å². The van der Waals surface area contributed by atoms with Crippen LogP contribution in [-0.4, -0.2) is 28.7 Å². The molecule has 72 valence electrons. The van der Waals surface area contributed by atoms with E-state index in [1.54, 1.807) is 18.0 Å². The van der Waals surface area contributed by atoms with Gasteiger partial charge in [-0.1, -0.05) is 0 Å². The van der Waals surface area contributed by atoms with E-state index in [0.717, 1.165) is 31.0 Å². The Morgan fingerprint density at radius 3 is 2.92 bits per heavy atom. The number of rotatable bonds is 2. The average Bonchev–Trinajstić information content (AvgIpc) is 2.54. The van der Waals surface area contributed by atoms with Crippen LogP contribution in [0.3, 0.4) is 0 Å². The summed E-state index contributed by atoms with van der Waals surface area (Å²) in [4.78, 5) is 1.06. The molecule has 0 amide bonds. The number of hydrogen-bond donors (Lipinski definition) is 2. The quantitative estimate of drug-likeness (QED) is 0.752. The first-order chi connectivity index (χ1) is 6.36. The molecule has 1 aliphatic rings. The molecule has 0 radical (unpaired) electrons. The minimum Gasteiger partial charge on any atom is -0.383 e. The summed E-state index contributed by atoms with van der Waals surface area (Å²) in [6, 6.07) is 0. The lowest BCUT2D eigenvalue weighted by Crippen LogP contribution is -2.17. The summed E-state index contributed by atoms with van der Waals surface area (Å²) in [5, 5.41) is 7.25. The summed E-state index contributed by atoms with van der Waals surface area (Å²) < 4.78 is 5.28. The molecule has 0 aromatic carbocycles. The van der Waals surface area contributed by atoms with Gasteiger partial charge in [0.2, 0.25) is 0 Å². The molecule has 0 saturated carbocycles. The zero-order chi connectivity index (χ0) is 9.10. The number of nitrogens with two attached hydrogens (primary N) is 1. The number of H-pyrrole nitrogens is 1. The lowest BCUT2D eigenvalue weighted by atomic mass is 10.2. The molecule has 0 aliphatic carbocycles. The lowest BCUT2D eigenvalue weighted by Gasteiger charge is -2.20. The van der Waals surface area contributed by atoms with Gasteiger partial charge in [-0.15, -0.1) is 11.8 Å². The van der Waals surface area contributed by atoms with Gasteiger partial charge in [-0.05, 0) is 12.8 Å². The molecular formula is C8H13N3OS. The Bertz CT molecular complexity index is 270. The Hall–Kier alpha value is -0.680. The van der Waals surface area contributed by atoms with Gasteiger partial charge >= 0.3 is 0 Å². The predicted molar refractivity (Wildman–Crippen MR) is 52.7 cm³/mol. The number of aromatic nitrogens is 2. The van der Waals surface area contributed by atoms with Gasteiger partial charge in [-0.3, -0.25) is 5.10 Å². The van der Waals surface area contributed by atoms with Crippen LogP contribution in [0.2, 0.25) is 0 Å². The maximum Gasteiger partial charge on any atom is 0.132 e. The molecule has 1 aliphatic heterocycles. The van der Waals surface area contributed by atoms with E-state index in [-0.39, 0.29) is 0 Å². The molecule has 4 nitrogen and oxygen atoms in total. The highest BCUT2D eigenvalue weighted by molar-refractivity contribution is 8.00. The van der Waals surface area contributed by atoms with Crippen LogP contribution in [0.15, 0.2) is 11.1 Å². The second kappa shape index (κ2) is 4.02. The predicted octanol–water partition coefficient (Wildman–Crippen LogP) is 1.26. The van der Waals surface area contributed by atoms with E-state index in [9.17, 15) is 0 Å². The summed E-state index contributed by atoms with van der Waals surface area (Å²) in [7, 11) is 0. The summed E-state index contributed by atoms with van der Waals surface area (Å²) in [6.07, 6.45) is 4.00. The zero-order valence-electron chi connectivity index (χ0n) is 7.32. The molecule has 1 aromatic heterocycles. The molecule has 0 unspecified atom stereocenters. The SMILES string of the molecule is Nc1[nH]ncc1SC1CCOCC1. The first kappa shape index (κ1) is 8.90. The second-order valence-electron chi connectivity index (χ2n) is 3.08. The van der Waals surface area contributed by atoms with Crippen molar-refractivity contribution >= 4 is 17.6 Å². The summed E-state index contributed by atoms with van der Waals surface area (Å²) >= 11 is 1.80. The number of thioether (sulfide) groups is 1. The highest BCUT2D eigenvalue weighted by Crippen LogP contribution is 2.31. The topological polar surface area (TPSA) is 63.9 Å². The van der Waals surface area contributed by atoms with E-state index >= 15 is 0 Å². The maximum atomic E-state index is 5.69. The molecule has 0 atom stereocenters. The van der Waals surface area contributed by atoms with E-state index in [1.165, 1.54) is 0 Å². The third kappa shape index (κ3) is 2.16. The standard InChI is InChI=1S/C8H13N3OS/c9-8-7(5-10-11-8)13-6-1-3-12-4-2-6/h5-6H,1-4H2,(H3,9,10,11). The third-order valence-electron chi connectivity index (χ3n) is 2.09. The fraction of sp³-hybridized carbons (Fsp3) is 0.625. The number of anilines is 1. The molecule has 0 spiro atoms. The van der Waals surface area contributed by atoms with Crippen LogP contribution < -0.4 is 5.73 Å². The molecule has 5 heteroatoms. The minimum absolute atomic E-state index is 0.633. The van der Waals surface area contributed by atoms with Gasteiger partial charge in [0.15, 0.2) is 0 Å². The van der Waals surface area contributed by atoms with Crippen molar-refractivity contribution in [1.82, 2.24) is 10.2 Å². The Labute approximate surface area is 81.2 Å². The van der Waals surface area contributed by atoms with Crippen LogP contribution in [0.5, 0.6) is 0 Å². The van der Waals surface area contributed by atoms with Gasteiger partial charge < -0.3 is 10.5 Å². The highest BCUT2D eigenvalue weighted by Gasteiger charge is 2.16. The Balaban J connectivity index is 1.93. The van der Waals surface area contributed by atoms with Crippen molar-refractivity contribution in [3.05, 3.63) is 6.20 Å². The number of aromatic amines is 1. The first-order valence-corrected chi connectivity index (χ1v) is 5.27. The van der Waals surface area contributed by atoms with Gasteiger partial charge in [-0.25, -0.2) is 0 Å². The largest absolute Gasteiger partial charge is 0.383 e. The van der Waals surface area contributed by atoms with Gasteiger partial charge in [0, 0.05) is 18.5 Å². The molecule has 3 N–H and O–H groups in total. The molecule has 2 heterocycles. The summed E-state index contributed by atoms with van der Waals surface area (Å²) in [5.74, 6) is 0.677. The molecular weight excluding hydrogens is 186 g/mol. The van der Waals surface area contributed by atoms with Crippen LogP contribution in [-0.2, 0) is 4.74 Å². The Kier molecular flexibility index (Phi) is 2.75. The van der Waals surface area contributed by atoms with Crippen LogP contribution in [0.25, 0.3) is 0 Å². The van der Waals surface area contributed by atoms with Crippen molar-refractivity contribution in [1.29, 1.82) is 0 Å². The summed E-state index contributed by atoms with van der Waals surface area (Å²) in [5.41, 5.74) is 5.69. The van der Waals surface area contributed by atoms with E-state index in [4.69, 9.17) is 10.5 Å². The smallest absolute Gasteiger partial charge is 0.132 e. The first-order valence-electron chi connectivity index (χ1n) is 4.39.